The zero-order valence-corrected chi connectivity index (χ0v) is 18.3. The van der Waals surface area contributed by atoms with Crippen LogP contribution in [0.4, 0.5) is 13.2 Å². The van der Waals surface area contributed by atoms with Crippen molar-refractivity contribution in [3.8, 4) is 11.1 Å². The van der Waals surface area contributed by atoms with Gasteiger partial charge in [-0.1, -0.05) is 66.7 Å². The predicted octanol–water partition coefficient (Wildman–Crippen LogP) is 4.92. The minimum atomic E-state index is -4.63. The highest BCUT2D eigenvalue weighted by molar-refractivity contribution is 5.78. The van der Waals surface area contributed by atoms with Gasteiger partial charge in [0.2, 0.25) is 0 Å². The molecular formula is C26H26F3NO3. The van der Waals surface area contributed by atoms with Crippen LogP contribution < -0.4 is 5.32 Å². The van der Waals surface area contributed by atoms with E-state index in [1.165, 1.54) is 13.0 Å². The lowest BCUT2D eigenvalue weighted by molar-refractivity contribution is -0.202. The van der Waals surface area contributed by atoms with E-state index in [0.29, 0.717) is 0 Å². The summed E-state index contributed by atoms with van der Waals surface area (Å²) in [6.45, 7) is 3.03. The Balaban J connectivity index is 2.03. The van der Waals surface area contributed by atoms with Crippen molar-refractivity contribution in [3.05, 3.63) is 94.5 Å². The van der Waals surface area contributed by atoms with Gasteiger partial charge in [0.05, 0.1) is 12.2 Å². The second-order valence-electron chi connectivity index (χ2n) is 7.92. The molecule has 0 aromatic heterocycles. The quantitative estimate of drug-likeness (QED) is 0.300. The molecule has 33 heavy (non-hydrogen) atoms. The number of nitrogens with one attached hydrogen (secondary N) is 1. The number of benzene rings is 3. The summed E-state index contributed by atoms with van der Waals surface area (Å²) in [5.41, 5.74) is 2.32. The molecule has 4 nitrogen and oxygen atoms in total. The lowest BCUT2D eigenvalue weighted by atomic mass is 9.95. The average molecular weight is 457 g/mol. The highest BCUT2D eigenvalue weighted by Crippen LogP contribution is 2.35. The van der Waals surface area contributed by atoms with Gasteiger partial charge in [0.1, 0.15) is 0 Å². The first-order chi connectivity index (χ1) is 15.5. The minimum absolute atomic E-state index is 0.176. The van der Waals surface area contributed by atoms with Crippen LogP contribution in [0, 0.1) is 6.92 Å². The Labute approximate surface area is 190 Å². The van der Waals surface area contributed by atoms with Crippen LogP contribution in [0.15, 0.2) is 66.7 Å². The molecule has 0 fully saturated rings. The molecule has 3 rings (SSSR count). The molecule has 3 aromatic carbocycles. The topological polar surface area (TPSA) is 72.7 Å². The van der Waals surface area contributed by atoms with Crippen LogP contribution in [0.3, 0.4) is 0 Å². The van der Waals surface area contributed by atoms with Gasteiger partial charge in [-0.15, -0.1) is 0 Å². The molecular weight excluding hydrogens is 431 g/mol. The normalized spacial score (nSPS) is 13.5. The van der Waals surface area contributed by atoms with Gasteiger partial charge in [-0.2, -0.15) is 13.2 Å². The summed E-state index contributed by atoms with van der Waals surface area (Å²) in [6, 6.07) is 17.5. The van der Waals surface area contributed by atoms with Crippen LogP contribution in [-0.4, -0.2) is 28.0 Å². The monoisotopic (exact) mass is 457 g/mol. The van der Waals surface area contributed by atoms with E-state index in [9.17, 15) is 23.4 Å². The molecule has 0 spiro atoms. The van der Waals surface area contributed by atoms with Crippen LogP contribution >= 0.6 is 0 Å². The largest absolute Gasteiger partial charge is 0.416 e. The van der Waals surface area contributed by atoms with E-state index in [0.717, 1.165) is 40.5 Å². The maximum absolute atomic E-state index is 13.6. The highest BCUT2D eigenvalue weighted by Gasteiger charge is 2.35. The third kappa shape index (κ3) is 5.89. The molecule has 1 atom stereocenters. The van der Waals surface area contributed by atoms with E-state index in [1.807, 2.05) is 55.5 Å². The Bertz CT molecular complexity index is 1130. The summed E-state index contributed by atoms with van der Waals surface area (Å²) in [7, 11) is 0. The summed E-state index contributed by atoms with van der Waals surface area (Å²) in [5.74, 6) is -2.61. The van der Waals surface area contributed by atoms with E-state index < -0.39 is 23.7 Å². The first-order valence-corrected chi connectivity index (χ1v) is 10.4. The summed E-state index contributed by atoms with van der Waals surface area (Å²) in [6.07, 6.45) is -1.73. The average Bonchev–Trinajstić information content (AvgIpc) is 2.77. The van der Waals surface area contributed by atoms with Gasteiger partial charge >= 0.3 is 6.18 Å². The van der Waals surface area contributed by atoms with E-state index in [2.05, 4.69) is 5.32 Å². The minimum Gasteiger partial charge on any atom is -0.395 e. The second kappa shape index (κ2) is 9.89. The third-order valence-electron chi connectivity index (χ3n) is 5.38. The number of hydrogen-bond acceptors (Lipinski definition) is 4. The van der Waals surface area contributed by atoms with Crippen molar-refractivity contribution in [3.63, 3.8) is 0 Å². The van der Waals surface area contributed by atoms with Crippen molar-refractivity contribution in [2.24, 2.45) is 0 Å². The van der Waals surface area contributed by atoms with Gasteiger partial charge < -0.3 is 15.3 Å². The number of rotatable bonds is 7. The lowest BCUT2D eigenvalue weighted by Crippen LogP contribution is -2.48. The molecule has 0 saturated carbocycles. The maximum Gasteiger partial charge on any atom is 0.416 e. The van der Waals surface area contributed by atoms with Crippen LogP contribution in [0.25, 0.3) is 23.3 Å². The van der Waals surface area contributed by atoms with Gasteiger partial charge in [0, 0.05) is 11.6 Å². The zero-order chi connectivity index (χ0) is 24.2. The van der Waals surface area contributed by atoms with Crippen LogP contribution in [0.5, 0.6) is 0 Å². The van der Waals surface area contributed by atoms with Gasteiger partial charge in [-0.3, -0.25) is 5.32 Å². The van der Waals surface area contributed by atoms with E-state index >= 15 is 0 Å². The fraction of sp³-hybridized carbons (Fsp3) is 0.231. The molecule has 174 valence electrons. The summed E-state index contributed by atoms with van der Waals surface area (Å²) < 4.78 is 40.9. The summed E-state index contributed by atoms with van der Waals surface area (Å²) in [5, 5.41) is 32.2. The maximum atomic E-state index is 13.6. The van der Waals surface area contributed by atoms with Crippen molar-refractivity contribution >= 4 is 12.2 Å². The second-order valence-corrected chi connectivity index (χ2v) is 7.92. The van der Waals surface area contributed by atoms with Crippen molar-refractivity contribution in [1.82, 2.24) is 5.32 Å². The Hall–Kier alpha value is -2.97. The smallest absolute Gasteiger partial charge is 0.395 e. The Morgan fingerprint density at radius 2 is 1.58 bits per heavy atom. The Morgan fingerprint density at radius 3 is 2.21 bits per heavy atom. The van der Waals surface area contributed by atoms with Crippen molar-refractivity contribution in [2.45, 2.75) is 32.0 Å². The van der Waals surface area contributed by atoms with E-state index in [-0.39, 0.29) is 17.7 Å². The first-order valence-electron chi connectivity index (χ1n) is 10.4. The van der Waals surface area contributed by atoms with Crippen molar-refractivity contribution in [1.29, 1.82) is 0 Å². The van der Waals surface area contributed by atoms with E-state index in [4.69, 9.17) is 5.11 Å². The van der Waals surface area contributed by atoms with Gasteiger partial charge in [-0.05, 0) is 53.8 Å². The molecule has 0 radical (unpaired) electrons. The highest BCUT2D eigenvalue weighted by atomic mass is 19.4. The number of halogens is 3. The van der Waals surface area contributed by atoms with Gasteiger partial charge in [-0.25, -0.2) is 0 Å². The molecule has 0 saturated heterocycles. The molecule has 0 aliphatic heterocycles. The van der Waals surface area contributed by atoms with Crippen LogP contribution in [0.1, 0.15) is 34.7 Å². The molecule has 7 heteroatoms. The van der Waals surface area contributed by atoms with Crippen LogP contribution in [-0.2, 0) is 12.1 Å². The summed E-state index contributed by atoms with van der Waals surface area (Å²) >= 11 is 0. The SMILES string of the molecule is Cc1c(/C=C/c2cc(C(O)(O)NC(C)CO)ccc2C(F)(F)F)cccc1-c1ccccc1. The fourth-order valence-corrected chi connectivity index (χ4v) is 3.59. The molecule has 0 bridgehead atoms. The standard InChI is InChI=1S/C26H26F3NO3/c1-17(16-31)30-26(32,33)22-13-14-24(25(27,28)29)21(15-22)12-11-19-9-6-10-23(18(19)2)20-7-4-3-5-8-20/h3-15,17,30-33H,16H2,1-2H3/b12-11+. The zero-order valence-electron chi connectivity index (χ0n) is 18.3. The molecule has 0 heterocycles. The number of alkyl halides is 3. The molecule has 4 N–H and O–H groups in total. The molecule has 3 aromatic rings. The van der Waals surface area contributed by atoms with Gasteiger partial charge in [0.15, 0.2) is 0 Å². The number of aliphatic hydroxyl groups excluding tert-OH is 1. The predicted molar refractivity (Wildman–Crippen MR) is 123 cm³/mol. The van der Waals surface area contributed by atoms with E-state index in [1.54, 1.807) is 6.08 Å². The van der Waals surface area contributed by atoms with Crippen molar-refractivity contribution in [2.75, 3.05) is 6.61 Å². The first kappa shape index (κ1) is 24.7. The molecule has 1 unspecified atom stereocenters. The van der Waals surface area contributed by atoms with Crippen LogP contribution in [0.2, 0.25) is 0 Å². The number of hydrogen-bond donors (Lipinski definition) is 4. The molecule has 0 aliphatic carbocycles. The molecule has 0 amide bonds. The Morgan fingerprint density at radius 1 is 0.909 bits per heavy atom. The fourth-order valence-electron chi connectivity index (χ4n) is 3.59. The van der Waals surface area contributed by atoms with Crippen molar-refractivity contribution < 1.29 is 28.5 Å². The Kier molecular flexibility index (Phi) is 7.39. The molecule has 0 aliphatic rings. The third-order valence-corrected chi connectivity index (χ3v) is 5.38. The number of aliphatic hydroxyl groups is 3. The lowest BCUT2D eigenvalue weighted by Gasteiger charge is -2.27. The van der Waals surface area contributed by atoms with Gasteiger partial charge in [0.25, 0.3) is 5.91 Å². The summed E-state index contributed by atoms with van der Waals surface area (Å²) in [4.78, 5) is 0.